The molecule has 1 saturated heterocycles. The Labute approximate surface area is 184 Å². The quantitative estimate of drug-likeness (QED) is 0.566. The van der Waals surface area contributed by atoms with E-state index in [1.54, 1.807) is 24.6 Å². The van der Waals surface area contributed by atoms with Crippen molar-refractivity contribution in [3.8, 4) is 0 Å². The average Bonchev–Trinajstić information content (AvgIpc) is 3.25. The van der Waals surface area contributed by atoms with E-state index in [1.165, 1.54) is 4.31 Å². The zero-order chi connectivity index (χ0) is 21.5. The van der Waals surface area contributed by atoms with Crippen LogP contribution in [0.2, 0.25) is 0 Å². The van der Waals surface area contributed by atoms with Gasteiger partial charge in [-0.15, -0.1) is 11.3 Å². The molecule has 1 fully saturated rings. The van der Waals surface area contributed by atoms with E-state index in [0.717, 1.165) is 39.5 Å². The van der Waals surface area contributed by atoms with E-state index in [9.17, 15) is 8.42 Å². The number of hydrogen-bond donors (Lipinski definition) is 2. The Bertz CT molecular complexity index is 1150. The summed E-state index contributed by atoms with van der Waals surface area (Å²) in [5, 5.41) is 5.86. The molecule has 0 aromatic carbocycles. The number of thiazole rings is 1. The summed E-state index contributed by atoms with van der Waals surface area (Å²) < 4.78 is 28.7. The number of nitrogens with two attached hydrogens (primary N) is 1. The van der Waals surface area contributed by atoms with E-state index < -0.39 is 10.0 Å². The third-order valence-corrected chi connectivity index (χ3v) is 9.69. The Kier molecular flexibility index (Phi) is 5.95. The summed E-state index contributed by atoms with van der Waals surface area (Å²) in [7, 11) is -3.54. The molecular weight excluding hydrogens is 442 g/mol. The third kappa shape index (κ3) is 4.14. The zero-order valence-corrected chi connectivity index (χ0v) is 19.6. The maximum absolute atomic E-state index is 12.9. The molecule has 30 heavy (non-hydrogen) atoms. The van der Waals surface area contributed by atoms with Gasteiger partial charge in [-0.1, -0.05) is 11.3 Å². The van der Waals surface area contributed by atoms with Crippen LogP contribution in [0.25, 0.3) is 10.2 Å². The largest absolute Gasteiger partial charge is 0.375 e. The summed E-state index contributed by atoms with van der Waals surface area (Å²) in [4.78, 5) is 15.1. The minimum absolute atomic E-state index is 0.164. The van der Waals surface area contributed by atoms with Crippen LogP contribution in [0.4, 0.5) is 10.9 Å². The fourth-order valence-electron chi connectivity index (χ4n) is 3.65. The van der Waals surface area contributed by atoms with Crippen molar-refractivity contribution in [2.75, 3.05) is 43.8 Å². The number of aromatic nitrogens is 3. The second-order valence-electron chi connectivity index (χ2n) is 7.49. The number of rotatable bonds is 6. The number of anilines is 2. The van der Waals surface area contributed by atoms with E-state index in [1.807, 2.05) is 0 Å². The standard InChI is InChI=1S/C18H25N7O2S3/c1-11-9-28-15-14(11)20-10-21-16(15)22-12(2)8-24-4-6-25(7-5-24)30(26,27)17-13(3)23-18(19)29-17/h9-10,12H,4-8H2,1-3H3,(H2,19,23)(H,20,21,22)/t12-/m0/s1. The van der Waals surface area contributed by atoms with Crippen molar-refractivity contribution in [2.45, 2.75) is 31.0 Å². The number of piperazine rings is 1. The minimum atomic E-state index is -3.54. The molecule has 12 heteroatoms. The molecule has 0 aliphatic carbocycles. The first-order valence-electron chi connectivity index (χ1n) is 9.66. The number of sulfonamides is 1. The molecule has 0 bridgehead atoms. The van der Waals surface area contributed by atoms with Crippen molar-refractivity contribution >= 4 is 53.9 Å². The number of nitrogens with one attached hydrogen (secondary N) is 1. The molecular formula is C18H25N7O2S3. The van der Waals surface area contributed by atoms with Crippen LogP contribution in [-0.2, 0) is 10.0 Å². The maximum atomic E-state index is 12.9. The summed E-state index contributed by atoms with van der Waals surface area (Å²) >= 11 is 2.68. The van der Waals surface area contributed by atoms with E-state index >= 15 is 0 Å². The van der Waals surface area contributed by atoms with Crippen molar-refractivity contribution in [1.29, 1.82) is 0 Å². The molecule has 1 aliphatic rings. The average molecular weight is 468 g/mol. The number of nitrogens with zero attached hydrogens (tertiary/aromatic N) is 5. The van der Waals surface area contributed by atoms with Gasteiger partial charge in [0, 0.05) is 38.8 Å². The van der Waals surface area contributed by atoms with Crippen LogP contribution in [0.15, 0.2) is 15.9 Å². The van der Waals surface area contributed by atoms with Gasteiger partial charge < -0.3 is 11.1 Å². The van der Waals surface area contributed by atoms with Gasteiger partial charge in [0.25, 0.3) is 10.0 Å². The van der Waals surface area contributed by atoms with Gasteiger partial charge in [0.2, 0.25) is 0 Å². The van der Waals surface area contributed by atoms with Crippen molar-refractivity contribution in [1.82, 2.24) is 24.2 Å². The van der Waals surface area contributed by atoms with Crippen molar-refractivity contribution < 1.29 is 8.42 Å². The number of aryl methyl sites for hydroxylation is 2. The number of nitrogen functional groups attached to an aromatic ring is 1. The second kappa shape index (κ2) is 8.35. The fraction of sp³-hybridized carbons (Fsp3) is 0.500. The Morgan fingerprint density at radius 1 is 1.23 bits per heavy atom. The topological polar surface area (TPSA) is 117 Å². The van der Waals surface area contributed by atoms with Crippen LogP contribution in [0.1, 0.15) is 18.2 Å². The molecule has 162 valence electrons. The van der Waals surface area contributed by atoms with Crippen LogP contribution in [0.5, 0.6) is 0 Å². The molecule has 0 unspecified atom stereocenters. The van der Waals surface area contributed by atoms with Gasteiger partial charge in [-0.3, -0.25) is 4.90 Å². The first-order valence-corrected chi connectivity index (χ1v) is 12.8. The molecule has 1 atom stereocenters. The van der Waals surface area contributed by atoms with Crippen LogP contribution in [0, 0.1) is 13.8 Å². The summed E-state index contributed by atoms with van der Waals surface area (Å²) in [5.74, 6) is 0.852. The second-order valence-corrected chi connectivity index (χ2v) is 11.5. The lowest BCUT2D eigenvalue weighted by molar-refractivity contribution is 0.184. The summed E-state index contributed by atoms with van der Waals surface area (Å²) in [6, 6.07) is 0.164. The highest BCUT2D eigenvalue weighted by Gasteiger charge is 2.32. The molecule has 0 amide bonds. The predicted molar refractivity (Wildman–Crippen MR) is 122 cm³/mol. The van der Waals surface area contributed by atoms with Crippen molar-refractivity contribution in [2.24, 2.45) is 0 Å². The van der Waals surface area contributed by atoms with E-state index in [0.29, 0.717) is 31.9 Å². The smallest absolute Gasteiger partial charge is 0.254 e. The molecule has 9 nitrogen and oxygen atoms in total. The van der Waals surface area contributed by atoms with Gasteiger partial charge >= 0.3 is 0 Å². The van der Waals surface area contributed by atoms with Gasteiger partial charge in [-0.05, 0) is 31.7 Å². The van der Waals surface area contributed by atoms with Crippen LogP contribution < -0.4 is 11.1 Å². The lowest BCUT2D eigenvalue weighted by atomic mass is 10.2. The molecule has 0 spiro atoms. The van der Waals surface area contributed by atoms with Gasteiger partial charge in [-0.2, -0.15) is 4.31 Å². The minimum Gasteiger partial charge on any atom is -0.375 e. The zero-order valence-electron chi connectivity index (χ0n) is 17.1. The summed E-state index contributed by atoms with van der Waals surface area (Å²) in [6.45, 7) is 8.91. The van der Waals surface area contributed by atoms with Gasteiger partial charge in [-0.25, -0.2) is 23.4 Å². The highest BCUT2D eigenvalue weighted by Crippen LogP contribution is 2.30. The van der Waals surface area contributed by atoms with E-state index in [4.69, 9.17) is 5.73 Å². The van der Waals surface area contributed by atoms with Crippen molar-refractivity contribution in [3.05, 3.63) is 23.0 Å². The lowest BCUT2D eigenvalue weighted by Gasteiger charge is -2.35. The monoisotopic (exact) mass is 467 g/mol. The Morgan fingerprint density at radius 3 is 2.63 bits per heavy atom. The molecule has 1 aliphatic heterocycles. The number of thiophene rings is 1. The summed E-state index contributed by atoms with van der Waals surface area (Å²) in [6.07, 6.45) is 1.59. The normalized spacial score (nSPS) is 17.4. The number of fused-ring (bicyclic) bond motifs is 1. The molecule has 0 saturated carbocycles. The Balaban J connectivity index is 1.36. The molecule has 3 aromatic heterocycles. The fourth-order valence-corrected chi connectivity index (χ4v) is 7.46. The Hall–Kier alpha value is -1.86. The van der Waals surface area contributed by atoms with Gasteiger partial charge in [0.15, 0.2) is 9.34 Å². The lowest BCUT2D eigenvalue weighted by Crippen LogP contribution is -2.50. The first kappa shape index (κ1) is 21.4. The highest BCUT2D eigenvalue weighted by molar-refractivity contribution is 7.91. The maximum Gasteiger partial charge on any atom is 0.254 e. The molecule has 0 radical (unpaired) electrons. The Morgan fingerprint density at radius 2 is 1.97 bits per heavy atom. The molecule has 3 aromatic rings. The molecule has 3 N–H and O–H groups in total. The van der Waals surface area contributed by atoms with E-state index in [2.05, 4.69) is 44.4 Å². The molecule has 4 rings (SSSR count). The predicted octanol–water partition coefficient (Wildman–Crippen LogP) is 2.15. The van der Waals surface area contributed by atoms with Gasteiger partial charge in [0.05, 0.1) is 15.9 Å². The first-order chi connectivity index (χ1) is 14.3. The number of hydrogen-bond acceptors (Lipinski definition) is 10. The van der Waals surface area contributed by atoms with E-state index in [-0.39, 0.29) is 15.4 Å². The summed E-state index contributed by atoms with van der Waals surface area (Å²) in [5.41, 5.74) is 8.30. The highest BCUT2D eigenvalue weighted by atomic mass is 32.2. The SMILES string of the molecule is Cc1nc(N)sc1S(=O)(=O)N1CCN(C[C@H](C)Nc2ncnc3c(C)csc23)CC1. The van der Waals surface area contributed by atoms with Crippen LogP contribution in [0.3, 0.4) is 0 Å². The molecule has 4 heterocycles. The third-order valence-electron chi connectivity index (χ3n) is 5.12. The van der Waals surface area contributed by atoms with Crippen LogP contribution in [-0.4, -0.2) is 71.3 Å². The van der Waals surface area contributed by atoms with Crippen LogP contribution >= 0.6 is 22.7 Å². The van der Waals surface area contributed by atoms with Crippen molar-refractivity contribution in [3.63, 3.8) is 0 Å². The van der Waals surface area contributed by atoms with Gasteiger partial charge in [0.1, 0.15) is 12.1 Å².